The fourth-order valence-electron chi connectivity index (χ4n) is 1.14. The molecule has 1 aromatic rings. The van der Waals surface area contributed by atoms with E-state index >= 15 is 0 Å². The Balaban J connectivity index is 2.95. The van der Waals surface area contributed by atoms with Crippen LogP contribution in [0.4, 0.5) is 5.69 Å². The van der Waals surface area contributed by atoms with Gasteiger partial charge in [0.25, 0.3) is 5.69 Å². The summed E-state index contributed by atoms with van der Waals surface area (Å²) in [7, 11) is 0. The van der Waals surface area contributed by atoms with Crippen LogP contribution < -0.4 is 0 Å². The lowest BCUT2D eigenvalue weighted by atomic mass is 10.2. The van der Waals surface area contributed by atoms with Crippen LogP contribution in [0.15, 0.2) is 23.1 Å². The molecule has 0 heterocycles. The topological polar surface area (TPSA) is 104 Å². The van der Waals surface area contributed by atoms with Crippen molar-refractivity contribution in [2.75, 3.05) is 5.75 Å². The van der Waals surface area contributed by atoms with Gasteiger partial charge in [-0.25, -0.2) is 0 Å². The minimum absolute atomic E-state index is 0.114. The average Bonchev–Trinajstić information content (AvgIpc) is 2.34. The van der Waals surface area contributed by atoms with Crippen molar-refractivity contribution in [1.29, 1.82) is 5.26 Å². The summed E-state index contributed by atoms with van der Waals surface area (Å²) in [5, 5.41) is 28.3. The van der Waals surface area contributed by atoms with E-state index in [1.165, 1.54) is 25.1 Å². The molecule has 94 valence electrons. The minimum Gasteiger partial charge on any atom is -0.481 e. The van der Waals surface area contributed by atoms with Crippen LogP contribution in [0.3, 0.4) is 0 Å². The number of benzene rings is 1. The van der Waals surface area contributed by atoms with Gasteiger partial charge in [-0.05, 0) is 12.1 Å². The maximum absolute atomic E-state index is 10.8. The quantitative estimate of drug-likeness (QED) is 0.498. The Bertz CT molecular complexity index is 524. The summed E-state index contributed by atoms with van der Waals surface area (Å²) in [6, 6.07) is 5.91. The van der Waals surface area contributed by atoms with E-state index in [2.05, 4.69) is 0 Å². The SMILES string of the molecule is CC(CSc1cc(C#N)ccc1[N+](=O)[O-])C(=O)O. The fourth-order valence-corrected chi connectivity index (χ4v) is 2.21. The molecule has 0 aliphatic carbocycles. The summed E-state index contributed by atoms with van der Waals surface area (Å²) in [4.78, 5) is 21.2. The van der Waals surface area contributed by atoms with Crippen LogP contribution in [0, 0.1) is 27.4 Å². The summed E-state index contributed by atoms with van der Waals surface area (Å²) < 4.78 is 0. The van der Waals surface area contributed by atoms with Crippen LogP contribution in [0.2, 0.25) is 0 Å². The zero-order valence-electron chi connectivity index (χ0n) is 9.49. The molecule has 7 heteroatoms. The second-order valence-electron chi connectivity index (χ2n) is 3.60. The van der Waals surface area contributed by atoms with Gasteiger partial charge in [-0.2, -0.15) is 5.26 Å². The number of carboxylic acid groups (broad SMARTS) is 1. The van der Waals surface area contributed by atoms with Gasteiger partial charge in [-0.3, -0.25) is 14.9 Å². The number of hydrogen-bond acceptors (Lipinski definition) is 5. The van der Waals surface area contributed by atoms with E-state index in [0.717, 1.165) is 11.8 Å². The number of nitro groups is 1. The lowest BCUT2D eigenvalue weighted by molar-refractivity contribution is -0.387. The first kappa shape index (κ1) is 14.0. The van der Waals surface area contributed by atoms with E-state index in [1.54, 1.807) is 0 Å². The van der Waals surface area contributed by atoms with Gasteiger partial charge < -0.3 is 5.11 Å². The van der Waals surface area contributed by atoms with Gasteiger partial charge in [-0.15, -0.1) is 11.8 Å². The predicted molar refractivity (Wildman–Crippen MR) is 65.3 cm³/mol. The van der Waals surface area contributed by atoms with Gasteiger partial charge in [0.1, 0.15) is 0 Å². The van der Waals surface area contributed by atoms with E-state index in [-0.39, 0.29) is 11.4 Å². The molecule has 0 saturated heterocycles. The normalized spacial score (nSPS) is 11.6. The maximum Gasteiger partial charge on any atom is 0.307 e. The van der Waals surface area contributed by atoms with Crippen molar-refractivity contribution in [1.82, 2.24) is 0 Å². The van der Waals surface area contributed by atoms with Gasteiger partial charge in [0.05, 0.1) is 27.4 Å². The first-order valence-electron chi connectivity index (χ1n) is 5.00. The Morgan fingerprint density at radius 1 is 1.67 bits per heavy atom. The number of nitro benzene ring substituents is 1. The van der Waals surface area contributed by atoms with Crippen molar-refractivity contribution in [2.45, 2.75) is 11.8 Å². The Kier molecular flexibility index (Phi) is 4.68. The number of nitrogens with zero attached hydrogens (tertiary/aromatic N) is 2. The molecule has 0 aliphatic rings. The summed E-state index contributed by atoms with van der Waals surface area (Å²) >= 11 is 1.07. The Labute approximate surface area is 107 Å². The second-order valence-corrected chi connectivity index (χ2v) is 4.66. The zero-order chi connectivity index (χ0) is 13.7. The number of aliphatic carboxylic acids is 1. The number of rotatable bonds is 5. The van der Waals surface area contributed by atoms with Crippen molar-refractivity contribution < 1.29 is 14.8 Å². The molecule has 0 aliphatic heterocycles. The zero-order valence-corrected chi connectivity index (χ0v) is 10.3. The van der Waals surface area contributed by atoms with Crippen molar-refractivity contribution in [2.24, 2.45) is 5.92 Å². The highest BCUT2D eigenvalue weighted by Crippen LogP contribution is 2.31. The molecule has 6 nitrogen and oxygen atoms in total. The molecule has 0 bridgehead atoms. The monoisotopic (exact) mass is 266 g/mol. The smallest absolute Gasteiger partial charge is 0.307 e. The van der Waals surface area contributed by atoms with E-state index in [4.69, 9.17) is 10.4 Å². The van der Waals surface area contributed by atoms with Crippen molar-refractivity contribution in [3.05, 3.63) is 33.9 Å². The van der Waals surface area contributed by atoms with Crippen LogP contribution in [0.5, 0.6) is 0 Å². The van der Waals surface area contributed by atoms with Gasteiger partial charge >= 0.3 is 5.97 Å². The first-order valence-corrected chi connectivity index (χ1v) is 5.98. The molecule has 0 fully saturated rings. The van der Waals surface area contributed by atoms with Crippen molar-refractivity contribution >= 4 is 23.4 Å². The van der Waals surface area contributed by atoms with E-state index in [0.29, 0.717) is 10.5 Å². The number of carboxylic acids is 1. The molecule has 1 unspecified atom stereocenters. The van der Waals surface area contributed by atoms with Crippen molar-refractivity contribution in [3.63, 3.8) is 0 Å². The largest absolute Gasteiger partial charge is 0.481 e. The highest BCUT2D eigenvalue weighted by Gasteiger charge is 2.18. The number of thioether (sulfide) groups is 1. The molecule has 0 radical (unpaired) electrons. The standard InChI is InChI=1S/C11H10N2O4S/c1-7(11(14)15)6-18-10-4-8(5-12)2-3-9(10)13(16)17/h2-4,7H,6H2,1H3,(H,14,15). The summed E-state index contributed by atoms with van der Waals surface area (Å²) in [5.74, 6) is -1.35. The highest BCUT2D eigenvalue weighted by molar-refractivity contribution is 7.99. The summed E-state index contributed by atoms with van der Waals surface area (Å²) in [5.41, 5.74) is 0.197. The maximum atomic E-state index is 10.8. The molecule has 1 N–H and O–H groups in total. The second kappa shape index (κ2) is 6.02. The van der Waals surface area contributed by atoms with Crippen LogP contribution in [-0.4, -0.2) is 21.8 Å². The van der Waals surface area contributed by atoms with Crippen LogP contribution in [0.25, 0.3) is 0 Å². The Morgan fingerprint density at radius 3 is 2.83 bits per heavy atom. The highest BCUT2D eigenvalue weighted by atomic mass is 32.2. The molecule has 0 aromatic heterocycles. The molecule has 1 aromatic carbocycles. The van der Waals surface area contributed by atoms with Gasteiger partial charge in [0.15, 0.2) is 0 Å². The minimum atomic E-state index is -0.957. The van der Waals surface area contributed by atoms with Gasteiger partial charge in [-0.1, -0.05) is 6.92 Å². The Hall–Kier alpha value is -2.07. The third-order valence-electron chi connectivity index (χ3n) is 2.20. The first-order chi connectivity index (χ1) is 8.45. The summed E-state index contributed by atoms with van der Waals surface area (Å²) in [6.07, 6.45) is 0. The average molecular weight is 266 g/mol. The molecular weight excluding hydrogens is 256 g/mol. The summed E-state index contributed by atoms with van der Waals surface area (Å²) in [6.45, 7) is 1.52. The molecule has 1 rings (SSSR count). The fraction of sp³-hybridized carbons (Fsp3) is 0.273. The molecular formula is C11H10N2O4S. The van der Waals surface area contributed by atoms with E-state index < -0.39 is 16.8 Å². The van der Waals surface area contributed by atoms with Crippen LogP contribution in [-0.2, 0) is 4.79 Å². The number of hydrogen-bond donors (Lipinski definition) is 1. The lowest BCUT2D eigenvalue weighted by Crippen LogP contribution is -2.11. The van der Waals surface area contributed by atoms with Crippen molar-refractivity contribution in [3.8, 4) is 6.07 Å². The van der Waals surface area contributed by atoms with Gasteiger partial charge in [0, 0.05) is 11.8 Å². The third kappa shape index (κ3) is 3.46. The molecule has 0 saturated carbocycles. The third-order valence-corrected chi connectivity index (χ3v) is 3.50. The van der Waals surface area contributed by atoms with E-state index in [9.17, 15) is 14.9 Å². The molecule has 0 spiro atoms. The lowest BCUT2D eigenvalue weighted by Gasteiger charge is -2.06. The number of nitriles is 1. The van der Waals surface area contributed by atoms with E-state index in [1.807, 2.05) is 6.07 Å². The molecule has 18 heavy (non-hydrogen) atoms. The predicted octanol–water partition coefficient (Wildman–Crippen LogP) is 2.28. The van der Waals surface area contributed by atoms with Gasteiger partial charge in [0.2, 0.25) is 0 Å². The number of carbonyl (C=O) groups is 1. The molecule has 1 atom stereocenters. The molecule has 0 amide bonds. The van der Waals surface area contributed by atoms with Crippen LogP contribution >= 0.6 is 11.8 Å². The van der Waals surface area contributed by atoms with Crippen LogP contribution in [0.1, 0.15) is 12.5 Å². The Morgan fingerprint density at radius 2 is 2.33 bits per heavy atom.